The van der Waals surface area contributed by atoms with Crippen LogP contribution in [0.2, 0.25) is 0 Å². The Bertz CT molecular complexity index is 560. The Labute approximate surface area is 163 Å². The molecule has 5 heteroatoms. The van der Waals surface area contributed by atoms with E-state index in [-0.39, 0.29) is 0 Å². The molecule has 3 heterocycles. The van der Waals surface area contributed by atoms with Crippen LogP contribution in [0.5, 0.6) is 5.75 Å². The second-order valence-electron chi connectivity index (χ2n) is 8.37. The first-order chi connectivity index (χ1) is 13.3. The highest BCUT2D eigenvalue weighted by Crippen LogP contribution is 2.39. The number of benzene rings is 1. The molecule has 4 rings (SSSR count). The van der Waals surface area contributed by atoms with E-state index < -0.39 is 0 Å². The third-order valence-electron chi connectivity index (χ3n) is 6.40. The number of hydrogen-bond acceptors (Lipinski definition) is 5. The van der Waals surface area contributed by atoms with E-state index in [1.807, 2.05) is 0 Å². The van der Waals surface area contributed by atoms with E-state index in [1.165, 1.54) is 44.3 Å². The van der Waals surface area contributed by atoms with Crippen LogP contribution in [0.25, 0.3) is 0 Å². The van der Waals surface area contributed by atoms with Gasteiger partial charge in [0, 0.05) is 45.9 Å². The molecule has 0 N–H and O–H groups in total. The fourth-order valence-electron chi connectivity index (χ4n) is 4.72. The van der Waals surface area contributed by atoms with Crippen LogP contribution >= 0.6 is 0 Å². The van der Waals surface area contributed by atoms with E-state index in [0.717, 1.165) is 65.0 Å². The summed E-state index contributed by atoms with van der Waals surface area (Å²) in [6.45, 7) is 10.9. The molecular weight excluding hydrogens is 340 g/mol. The summed E-state index contributed by atoms with van der Waals surface area (Å²) in [6.07, 6.45) is 5.17. The maximum Gasteiger partial charge on any atom is 0.119 e. The molecule has 0 bridgehead atoms. The van der Waals surface area contributed by atoms with E-state index in [4.69, 9.17) is 14.2 Å². The minimum absolute atomic E-state index is 0.513. The van der Waals surface area contributed by atoms with Gasteiger partial charge in [0.2, 0.25) is 0 Å². The summed E-state index contributed by atoms with van der Waals surface area (Å²) in [5, 5.41) is 0. The number of likely N-dealkylation sites (tertiary alicyclic amines) is 1. The fraction of sp³-hybridized carbons (Fsp3) is 0.727. The summed E-state index contributed by atoms with van der Waals surface area (Å²) >= 11 is 0. The van der Waals surface area contributed by atoms with Crippen LogP contribution in [0.3, 0.4) is 0 Å². The predicted molar refractivity (Wildman–Crippen MR) is 106 cm³/mol. The van der Waals surface area contributed by atoms with Crippen LogP contribution in [0.15, 0.2) is 24.3 Å². The number of ether oxygens (including phenoxy) is 3. The highest BCUT2D eigenvalue weighted by atomic mass is 16.5. The van der Waals surface area contributed by atoms with Gasteiger partial charge >= 0.3 is 0 Å². The summed E-state index contributed by atoms with van der Waals surface area (Å²) in [6, 6.07) is 8.72. The molecule has 1 aromatic carbocycles. The van der Waals surface area contributed by atoms with Crippen molar-refractivity contribution < 1.29 is 14.2 Å². The minimum Gasteiger partial charge on any atom is -0.492 e. The lowest BCUT2D eigenvalue weighted by Gasteiger charge is -2.45. The second kappa shape index (κ2) is 9.37. The van der Waals surface area contributed by atoms with E-state index in [0.29, 0.717) is 5.41 Å². The second-order valence-corrected chi connectivity index (χ2v) is 8.37. The molecule has 0 saturated carbocycles. The van der Waals surface area contributed by atoms with Crippen molar-refractivity contribution in [2.45, 2.75) is 32.2 Å². The van der Waals surface area contributed by atoms with Crippen molar-refractivity contribution in [2.75, 3.05) is 65.8 Å². The third-order valence-corrected chi connectivity index (χ3v) is 6.40. The molecule has 3 saturated heterocycles. The Kier molecular flexibility index (Phi) is 6.66. The van der Waals surface area contributed by atoms with Crippen molar-refractivity contribution in [3.8, 4) is 5.75 Å². The molecule has 3 aliphatic heterocycles. The summed E-state index contributed by atoms with van der Waals surface area (Å²) in [7, 11) is 0. The van der Waals surface area contributed by atoms with Gasteiger partial charge in [-0.15, -0.1) is 0 Å². The lowest BCUT2D eigenvalue weighted by Crippen LogP contribution is -2.45. The number of morpholine rings is 1. The van der Waals surface area contributed by atoms with Gasteiger partial charge in [0.1, 0.15) is 12.4 Å². The van der Waals surface area contributed by atoms with Gasteiger partial charge in [0.15, 0.2) is 0 Å². The molecule has 1 spiro atoms. The zero-order chi connectivity index (χ0) is 18.4. The monoisotopic (exact) mass is 374 g/mol. The Hall–Kier alpha value is -1.14. The maximum absolute atomic E-state index is 5.93. The quantitative estimate of drug-likeness (QED) is 0.765. The molecule has 150 valence electrons. The van der Waals surface area contributed by atoms with E-state index in [9.17, 15) is 0 Å². The molecule has 0 unspecified atom stereocenters. The molecule has 3 fully saturated rings. The third kappa shape index (κ3) is 5.44. The van der Waals surface area contributed by atoms with Crippen LogP contribution in [-0.4, -0.2) is 75.6 Å². The zero-order valence-corrected chi connectivity index (χ0v) is 16.5. The van der Waals surface area contributed by atoms with Gasteiger partial charge in [-0.05, 0) is 55.3 Å². The molecule has 3 aliphatic rings. The van der Waals surface area contributed by atoms with Gasteiger partial charge < -0.3 is 14.2 Å². The van der Waals surface area contributed by atoms with Crippen molar-refractivity contribution >= 4 is 0 Å². The zero-order valence-electron chi connectivity index (χ0n) is 16.5. The Morgan fingerprint density at radius 1 is 0.852 bits per heavy atom. The van der Waals surface area contributed by atoms with Gasteiger partial charge in [-0.3, -0.25) is 9.80 Å². The lowest BCUT2D eigenvalue weighted by molar-refractivity contribution is -0.0291. The van der Waals surface area contributed by atoms with Gasteiger partial charge in [0.25, 0.3) is 0 Å². The van der Waals surface area contributed by atoms with Crippen molar-refractivity contribution in [3.05, 3.63) is 29.8 Å². The SMILES string of the molecule is c1cc(OCCN2CCOCC2)ccc1CN1CCCC2(CCOCC2)C1. The van der Waals surface area contributed by atoms with E-state index in [1.54, 1.807) is 0 Å². The summed E-state index contributed by atoms with van der Waals surface area (Å²) in [4.78, 5) is 5.05. The Morgan fingerprint density at radius 3 is 2.37 bits per heavy atom. The van der Waals surface area contributed by atoms with Crippen molar-refractivity contribution in [2.24, 2.45) is 5.41 Å². The molecule has 1 aromatic rings. The summed E-state index contributed by atoms with van der Waals surface area (Å²) in [5.74, 6) is 0.978. The first kappa shape index (κ1) is 19.2. The largest absolute Gasteiger partial charge is 0.492 e. The molecule has 27 heavy (non-hydrogen) atoms. The van der Waals surface area contributed by atoms with E-state index in [2.05, 4.69) is 34.1 Å². The molecular formula is C22H34N2O3. The van der Waals surface area contributed by atoms with Crippen LogP contribution in [0, 0.1) is 5.41 Å². The van der Waals surface area contributed by atoms with Gasteiger partial charge in [-0.25, -0.2) is 0 Å². The summed E-state index contributed by atoms with van der Waals surface area (Å²) < 4.78 is 16.9. The average Bonchev–Trinajstić information content (AvgIpc) is 2.71. The highest BCUT2D eigenvalue weighted by Gasteiger charge is 2.36. The first-order valence-corrected chi connectivity index (χ1v) is 10.6. The van der Waals surface area contributed by atoms with Crippen molar-refractivity contribution in [1.82, 2.24) is 9.80 Å². The van der Waals surface area contributed by atoms with Crippen LogP contribution < -0.4 is 4.74 Å². The van der Waals surface area contributed by atoms with Crippen molar-refractivity contribution in [1.29, 1.82) is 0 Å². The van der Waals surface area contributed by atoms with Crippen LogP contribution in [0.4, 0.5) is 0 Å². The number of nitrogens with zero attached hydrogens (tertiary/aromatic N) is 2. The van der Waals surface area contributed by atoms with Gasteiger partial charge in [0.05, 0.1) is 13.2 Å². The number of piperidine rings is 1. The highest BCUT2D eigenvalue weighted by molar-refractivity contribution is 5.27. The number of rotatable bonds is 6. The first-order valence-electron chi connectivity index (χ1n) is 10.6. The van der Waals surface area contributed by atoms with Crippen LogP contribution in [-0.2, 0) is 16.0 Å². The smallest absolute Gasteiger partial charge is 0.119 e. The average molecular weight is 375 g/mol. The molecule has 5 nitrogen and oxygen atoms in total. The molecule has 0 atom stereocenters. The maximum atomic E-state index is 5.93. The molecule has 0 radical (unpaired) electrons. The fourth-order valence-corrected chi connectivity index (χ4v) is 4.72. The molecule has 0 amide bonds. The Balaban J connectivity index is 1.22. The van der Waals surface area contributed by atoms with E-state index >= 15 is 0 Å². The standard InChI is InChI=1S/C22H34N2O3/c1-6-22(7-13-25-14-8-22)19-24(9-1)18-20-2-4-21(5-3-20)27-17-12-23-10-15-26-16-11-23/h2-5H,1,6-19H2. The summed E-state index contributed by atoms with van der Waals surface area (Å²) in [5.41, 5.74) is 1.90. The molecule has 0 aromatic heterocycles. The number of hydrogen-bond donors (Lipinski definition) is 0. The predicted octanol–water partition coefficient (Wildman–Crippen LogP) is 2.79. The van der Waals surface area contributed by atoms with Gasteiger partial charge in [-0.2, -0.15) is 0 Å². The Morgan fingerprint density at radius 2 is 1.59 bits per heavy atom. The minimum atomic E-state index is 0.513. The molecule has 0 aliphatic carbocycles. The van der Waals surface area contributed by atoms with Crippen LogP contribution in [0.1, 0.15) is 31.2 Å². The normalized spacial score (nSPS) is 24.1. The van der Waals surface area contributed by atoms with Crippen molar-refractivity contribution in [3.63, 3.8) is 0 Å². The lowest BCUT2D eigenvalue weighted by atomic mass is 9.74. The topological polar surface area (TPSA) is 34.2 Å². The van der Waals surface area contributed by atoms with Gasteiger partial charge in [-0.1, -0.05) is 12.1 Å².